The van der Waals surface area contributed by atoms with Gasteiger partial charge in [0, 0.05) is 55.7 Å². The van der Waals surface area contributed by atoms with Gasteiger partial charge in [0.15, 0.2) is 0 Å². The molecule has 8 nitrogen and oxygen atoms in total. The minimum absolute atomic E-state index is 0.167. The van der Waals surface area contributed by atoms with Gasteiger partial charge in [-0.05, 0) is 42.0 Å². The first kappa shape index (κ1) is 23.2. The monoisotopic (exact) mass is 497 g/mol. The Morgan fingerprint density at radius 2 is 1.70 bits per heavy atom. The average Bonchev–Trinajstić information content (AvgIpc) is 3.43. The van der Waals surface area contributed by atoms with Gasteiger partial charge in [-0.25, -0.2) is 4.39 Å². The molecule has 4 aromatic rings. The third-order valence-corrected chi connectivity index (χ3v) is 7.06. The van der Waals surface area contributed by atoms with Crippen molar-refractivity contribution in [2.75, 3.05) is 26.2 Å². The molecule has 0 aliphatic carbocycles. The molecule has 2 aliphatic heterocycles. The molecule has 37 heavy (non-hydrogen) atoms. The molecule has 3 heterocycles. The van der Waals surface area contributed by atoms with Gasteiger partial charge in [-0.1, -0.05) is 24.3 Å². The summed E-state index contributed by atoms with van der Waals surface area (Å²) in [5.74, 6) is -1.58. The number of amides is 2. The Hall–Kier alpha value is -4.21. The lowest BCUT2D eigenvalue weighted by atomic mass is 9.95. The summed E-state index contributed by atoms with van der Waals surface area (Å²) in [5, 5.41) is 11.1. The van der Waals surface area contributed by atoms with Gasteiger partial charge in [0.25, 0.3) is 17.7 Å². The molecule has 3 aromatic carbocycles. The van der Waals surface area contributed by atoms with E-state index in [-0.39, 0.29) is 11.9 Å². The van der Waals surface area contributed by atoms with Gasteiger partial charge in [-0.2, -0.15) is 9.78 Å². The van der Waals surface area contributed by atoms with E-state index in [1.165, 1.54) is 16.8 Å². The number of nitrogens with zero attached hydrogens (tertiary/aromatic N) is 3. The molecule has 0 bridgehead atoms. The first-order valence-corrected chi connectivity index (χ1v) is 12.2. The number of halogens is 1. The summed E-state index contributed by atoms with van der Waals surface area (Å²) in [6.45, 7) is 3.19. The zero-order valence-corrected chi connectivity index (χ0v) is 19.9. The Kier molecular flexibility index (Phi) is 5.86. The van der Waals surface area contributed by atoms with E-state index < -0.39 is 17.6 Å². The predicted octanol–water partition coefficient (Wildman–Crippen LogP) is 2.94. The van der Waals surface area contributed by atoms with Gasteiger partial charge in [0.1, 0.15) is 5.82 Å². The number of carbonyl (C=O) groups excluding carboxylic acids is 3. The van der Waals surface area contributed by atoms with Crippen LogP contribution in [0.3, 0.4) is 0 Å². The molecule has 186 valence electrons. The van der Waals surface area contributed by atoms with Crippen LogP contribution in [0.5, 0.6) is 0 Å². The number of piperazine rings is 1. The van der Waals surface area contributed by atoms with Gasteiger partial charge in [0.2, 0.25) is 0 Å². The van der Waals surface area contributed by atoms with E-state index in [4.69, 9.17) is 5.10 Å². The highest BCUT2D eigenvalue weighted by Crippen LogP contribution is 2.31. The van der Waals surface area contributed by atoms with Gasteiger partial charge < -0.3 is 5.32 Å². The molecule has 1 fully saturated rings. The Balaban J connectivity index is 1.44. The van der Waals surface area contributed by atoms with Crippen molar-refractivity contribution in [1.29, 1.82) is 0 Å². The van der Waals surface area contributed by atoms with Crippen LogP contribution in [0.1, 0.15) is 48.4 Å². The highest BCUT2D eigenvalue weighted by atomic mass is 19.1. The van der Waals surface area contributed by atoms with Gasteiger partial charge in [0.05, 0.1) is 22.3 Å². The summed E-state index contributed by atoms with van der Waals surface area (Å²) in [4.78, 5) is 40.1. The number of aromatic nitrogens is 2. The van der Waals surface area contributed by atoms with Crippen molar-refractivity contribution < 1.29 is 18.8 Å². The van der Waals surface area contributed by atoms with Crippen LogP contribution in [0.4, 0.5) is 4.39 Å². The summed E-state index contributed by atoms with van der Waals surface area (Å²) in [5.41, 5.74) is 3.12. The lowest BCUT2D eigenvalue weighted by Gasteiger charge is -2.35. The first-order chi connectivity index (χ1) is 18.0. The van der Waals surface area contributed by atoms with Crippen molar-refractivity contribution in [3.8, 4) is 0 Å². The van der Waals surface area contributed by atoms with Crippen LogP contribution in [-0.2, 0) is 6.42 Å². The topological polar surface area (TPSA) is 96.3 Å². The normalized spacial score (nSPS) is 16.6. The molecular weight excluding hydrogens is 473 g/mol. The van der Waals surface area contributed by atoms with E-state index >= 15 is 0 Å². The smallest absolute Gasteiger partial charge is 0.278 e. The lowest BCUT2D eigenvalue weighted by Crippen LogP contribution is -2.45. The lowest BCUT2D eigenvalue weighted by molar-refractivity contribution is 0.0877. The SMILES string of the molecule is O=C1NC(=O)c2cc(C(Cc3nn(C(=O)c4ccccc4)c4cc(F)ccc34)N3CCNCC3)ccc21. The van der Waals surface area contributed by atoms with Crippen molar-refractivity contribution in [2.45, 2.75) is 12.5 Å². The van der Waals surface area contributed by atoms with Crippen LogP contribution in [0.2, 0.25) is 0 Å². The number of carbonyl (C=O) groups is 3. The summed E-state index contributed by atoms with van der Waals surface area (Å²) >= 11 is 0. The molecule has 0 spiro atoms. The standard InChI is InChI=1S/C28H24FN5O3/c29-19-7-9-21-23(32-34(25(21)15-19)28(37)17-4-2-1-3-5-17)16-24(33-12-10-30-11-13-33)18-6-8-20-22(14-18)27(36)31-26(20)35/h1-9,14-15,24,30H,10-13,16H2,(H,31,35,36). The number of imide groups is 1. The number of rotatable bonds is 5. The minimum atomic E-state index is -0.450. The quantitative estimate of drug-likeness (QED) is 0.412. The Morgan fingerprint density at radius 1 is 0.946 bits per heavy atom. The number of nitrogens with one attached hydrogen (secondary N) is 2. The Bertz CT molecular complexity index is 1540. The maximum Gasteiger partial charge on any atom is 0.278 e. The number of hydrogen-bond acceptors (Lipinski definition) is 6. The second kappa shape index (κ2) is 9.34. The molecule has 1 saturated heterocycles. The number of hydrogen-bond donors (Lipinski definition) is 2. The minimum Gasteiger partial charge on any atom is -0.314 e. The maximum atomic E-state index is 14.3. The van der Waals surface area contributed by atoms with E-state index in [1.54, 1.807) is 42.5 Å². The van der Waals surface area contributed by atoms with E-state index in [0.717, 1.165) is 31.7 Å². The molecule has 2 N–H and O–H groups in total. The summed E-state index contributed by atoms with van der Waals surface area (Å²) in [6, 6.07) is 18.3. The Morgan fingerprint density at radius 3 is 2.49 bits per heavy atom. The molecule has 0 saturated carbocycles. The predicted molar refractivity (Wildman–Crippen MR) is 135 cm³/mol. The average molecular weight is 498 g/mol. The fourth-order valence-electron chi connectivity index (χ4n) is 5.19. The van der Waals surface area contributed by atoms with Crippen molar-refractivity contribution >= 4 is 28.6 Å². The van der Waals surface area contributed by atoms with Gasteiger partial charge in [-0.15, -0.1) is 0 Å². The number of fused-ring (bicyclic) bond motifs is 2. The molecular formula is C28H24FN5O3. The number of benzene rings is 3. The fourth-order valence-corrected chi connectivity index (χ4v) is 5.19. The summed E-state index contributed by atoms with van der Waals surface area (Å²) in [7, 11) is 0. The molecule has 1 unspecified atom stereocenters. The second-order valence-electron chi connectivity index (χ2n) is 9.29. The van der Waals surface area contributed by atoms with Crippen LogP contribution >= 0.6 is 0 Å². The highest BCUT2D eigenvalue weighted by molar-refractivity contribution is 6.21. The second-order valence-corrected chi connectivity index (χ2v) is 9.29. The van der Waals surface area contributed by atoms with Crippen molar-refractivity contribution in [1.82, 2.24) is 25.3 Å². The van der Waals surface area contributed by atoms with E-state index in [0.29, 0.717) is 39.7 Å². The van der Waals surface area contributed by atoms with Crippen molar-refractivity contribution in [2.24, 2.45) is 0 Å². The van der Waals surface area contributed by atoms with Gasteiger partial charge >= 0.3 is 0 Å². The first-order valence-electron chi connectivity index (χ1n) is 12.2. The van der Waals surface area contributed by atoms with Crippen LogP contribution in [0, 0.1) is 5.82 Å². The van der Waals surface area contributed by atoms with Crippen molar-refractivity contribution in [3.63, 3.8) is 0 Å². The summed E-state index contributed by atoms with van der Waals surface area (Å²) < 4.78 is 15.5. The Labute approximate surface area is 212 Å². The molecule has 6 rings (SSSR count). The van der Waals surface area contributed by atoms with Crippen LogP contribution < -0.4 is 10.6 Å². The van der Waals surface area contributed by atoms with Crippen LogP contribution in [0.25, 0.3) is 10.9 Å². The molecule has 1 atom stereocenters. The summed E-state index contributed by atoms with van der Waals surface area (Å²) in [6.07, 6.45) is 0.436. The van der Waals surface area contributed by atoms with E-state index in [1.807, 2.05) is 12.1 Å². The molecule has 2 aliphatic rings. The molecule has 9 heteroatoms. The van der Waals surface area contributed by atoms with E-state index in [2.05, 4.69) is 15.5 Å². The van der Waals surface area contributed by atoms with Crippen molar-refractivity contribution in [3.05, 3.63) is 100 Å². The molecule has 2 amide bonds. The maximum absolute atomic E-state index is 14.3. The highest BCUT2D eigenvalue weighted by Gasteiger charge is 2.31. The van der Waals surface area contributed by atoms with Gasteiger partial charge in [-0.3, -0.25) is 24.6 Å². The zero-order valence-electron chi connectivity index (χ0n) is 19.9. The third kappa shape index (κ3) is 4.22. The zero-order chi connectivity index (χ0) is 25.5. The molecule has 0 radical (unpaired) electrons. The third-order valence-electron chi connectivity index (χ3n) is 7.06. The molecule has 1 aromatic heterocycles. The largest absolute Gasteiger partial charge is 0.314 e. The van der Waals surface area contributed by atoms with E-state index in [9.17, 15) is 18.8 Å². The fraction of sp³-hybridized carbons (Fsp3) is 0.214. The van der Waals surface area contributed by atoms with Crippen LogP contribution in [0.15, 0.2) is 66.7 Å². The van der Waals surface area contributed by atoms with Crippen LogP contribution in [-0.4, -0.2) is 58.6 Å².